The molecule has 7 nitrogen and oxygen atoms in total. The molecule has 94 valence electrons. The molecule has 1 heterocycles. The number of aromatic nitrogens is 1. The van der Waals surface area contributed by atoms with Gasteiger partial charge in [0.1, 0.15) is 11.1 Å². The third kappa shape index (κ3) is 3.48. The fraction of sp³-hybridized carbons (Fsp3) is 0.444. The molecule has 0 fully saturated rings. The van der Waals surface area contributed by atoms with Gasteiger partial charge in [-0.25, -0.2) is 9.78 Å². The van der Waals surface area contributed by atoms with Gasteiger partial charge in [-0.2, -0.15) is 0 Å². The van der Waals surface area contributed by atoms with Gasteiger partial charge in [0, 0.05) is 5.38 Å². The van der Waals surface area contributed by atoms with Gasteiger partial charge in [-0.15, -0.1) is 11.3 Å². The number of nitrogens with two attached hydrogens (primary N) is 1. The van der Waals surface area contributed by atoms with E-state index in [0.717, 1.165) is 11.3 Å². The lowest BCUT2D eigenvalue weighted by atomic mass is 10.1. The summed E-state index contributed by atoms with van der Waals surface area (Å²) in [7, 11) is 1.21. The minimum atomic E-state index is -1.36. The minimum Gasteiger partial charge on any atom is -0.464 e. The second-order valence-corrected chi connectivity index (χ2v) is 4.13. The topological polar surface area (TPSA) is 123 Å². The number of methoxy groups -OCH3 is 1. The molecule has 8 heteroatoms. The standard InChI is InChI=1S/C9H12N2O5S/c1-16-9(15)4-3-17-8(11-4)7(14)5(12)2-6(10)13/h3,5,7,12,14H,2H2,1H3,(H2,10,13). The highest BCUT2D eigenvalue weighted by molar-refractivity contribution is 7.09. The number of aliphatic hydroxyl groups is 2. The summed E-state index contributed by atoms with van der Waals surface area (Å²) in [6, 6.07) is 0. The lowest BCUT2D eigenvalue weighted by molar-refractivity contribution is -0.121. The number of thiazole rings is 1. The molecule has 2 unspecified atom stereocenters. The van der Waals surface area contributed by atoms with Crippen LogP contribution in [0.3, 0.4) is 0 Å². The molecule has 0 aliphatic carbocycles. The summed E-state index contributed by atoms with van der Waals surface area (Å²) in [6.45, 7) is 0. The number of amides is 1. The van der Waals surface area contributed by atoms with E-state index in [4.69, 9.17) is 5.73 Å². The number of hydrogen-bond donors (Lipinski definition) is 3. The molecule has 1 amide bonds. The van der Waals surface area contributed by atoms with E-state index in [0.29, 0.717) is 0 Å². The number of nitrogens with zero attached hydrogens (tertiary/aromatic N) is 1. The van der Waals surface area contributed by atoms with Crippen molar-refractivity contribution in [2.45, 2.75) is 18.6 Å². The quantitative estimate of drug-likeness (QED) is 0.595. The van der Waals surface area contributed by atoms with Crippen LogP contribution in [0.2, 0.25) is 0 Å². The Morgan fingerprint density at radius 3 is 2.76 bits per heavy atom. The van der Waals surface area contributed by atoms with Crippen LogP contribution in [0.4, 0.5) is 0 Å². The largest absolute Gasteiger partial charge is 0.464 e. The second kappa shape index (κ2) is 5.71. The summed E-state index contributed by atoms with van der Waals surface area (Å²) in [4.78, 5) is 25.5. The predicted molar refractivity (Wildman–Crippen MR) is 58.2 cm³/mol. The lowest BCUT2D eigenvalue weighted by Gasteiger charge is -2.13. The summed E-state index contributed by atoms with van der Waals surface area (Å²) in [5.41, 5.74) is 4.92. The summed E-state index contributed by atoms with van der Waals surface area (Å²) in [5, 5.41) is 20.6. The zero-order chi connectivity index (χ0) is 13.0. The van der Waals surface area contributed by atoms with Crippen LogP contribution in [-0.4, -0.2) is 40.3 Å². The van der Waals surface area contributed by atoms with E-state index in [1.54, 1.807) is 0 Å². The summed E-state index contributed by atoms with van der Waals surface area (Å²) < 4.78 is 4.44. The van der Waals surface area contributed by atoms with Crippen LogP contribution in [-0.2, 0) is 9.53 Å². The van der Waals surface area contributed by atoms with E-state index in [1.807, 2.05) is 0 Å². The molecule has 0 bridgehead atoms. The SMILES string of the molecule is COC(=O)c1csc(C(O)C(O)CC(N)=O)n1. The molecule has 1 aromatic rings. The van der Waals surface area contributed by atoms with E-state index < -0.39 is 24.1 Å². The smallest absolute Gasteiger partial charge is 0.357 e. The van der Waals surface area contributed by atoms with Crippen molar-refractivity contribution in [2.24, 2.45) is 5.73 Å². The predicted octanol–water partition coefficient (Wildman–Crippen LogP) is -0.801. The average Bonchev–Trinajstić information content (AvgIpc) is 2.75. The number of primary amides is 1. The third-order valence-electron chi connectivity index (χ3n) is 1.94. The van der Waals surface area contributed by atoms with Crippen molar-refractivity contribution >= 4 is 23.2 Å². The number of esters is 1. The maximum atomic E-state index is 11.1. The minimum absolute atomic E-state index is 0.0397. The molecule has 4 N–H and O–H groups in total. The Bertz CT molecular complexity index is 419. The highest BCUT2D eigenvalue weighted by Crippen LogP contribution is 2.22. The molecule has 0 saturated heterocycles. The molecule has 0 aliphatic heterocycles. The van der Waals surface area contributed by atoms with Crippen LogP contribution in [0.1, 0.15) is 28.0 Å². The summed E-state index contributed by atoms with van der Waals surface area (Å²) in [6.07, 6.45) is -3.08. The number of carbonyl (C=O) groups is 2. The average molecular weight is 260 g/mol. The molecule has 1 rings (SSSR count). The molecule has 2 atom stereocenters. The van der Waals surface area contributed by atoms with E-state index in [9.17, 15) is 19.8 Å². The molecular weight excluding hydrogens is 248 g/mol. The van der Waals surface area contributed by atoms with E-state index >= 15 is 0 Å². The first-order valence-electron chi connectivity index (χ1n) is 4.64. The van der Waals surface area contributed by atoms with Crippen LogP contribution in [0.15, 0.2) is 5.38 Å². The molecular formula is C9H12N2O5S. The fourth-order valence-electron chi connectivity index (χ4n) is 1.10. The van der Waals surface area contributed by atoms with Crippen LogP contribution >= 0.6 is 11.3 Å². The Hall–Kier alpha value is -1.51. The molecule has 17 heavy (non-hydrogen) atoms. The Labute approximate surface area is 101 Å². The maximum Gasteiger partial charge on any atom is 0.357 e. The van der Waals surface area contributed by atoms with Gasteiger partial charge in [-0.05, 0) is 0 Å². The van der Waals surface area contributed by atoms with Gasteiger partial charge >= 0.3 is 5.97 Å². The van der Waals surface area contributed by atoms with Crippen molar-refractivity contribution in [3.05, 3.63) is 16.1 Å². The number of rotatable bonds is 5. The molecule has 0 saturated carbocycles. The summed E-state index contributed by atoms with van der Waals surface area (Å²) in [5.74, 6) is -1.37. The highest BCUT2D eigenvalue weighted by atomic mass is 32.1. The highest BCUT2D eigenvalue weighted by Gasteiger charge is 2.24. The molecule has 0 aliphatic rings. The van der Waals surface area contributed by atoms with Gasteiger partial charge < -0.3 is 20.7 Å². The number of ether oxygens (including phenoxy) is 1. The van der Waals surface area contributed by atoms with Gasteiger partial charge in [-0.3, -0.25) is 4.79 Å². The van der Waals surface area contributed by atoms with Crippen LogP contribution in [0.5, 0.6) is 0 Å². The number of hydrogen-bond acceptors (Lipinski definition) is 7. The molecule has 0 radical (unpaired) electrons. The van der Waals surface area contributed by atoms with Crippen molar-refractivity contribution in [1.29, 1.82) is 0 Å². The zero-order valence-corrected chi connectivity index (χ0v) is 9.81. The Kier molecular flexibility index (Phi) is 4.55. The molecule has 1 aromatic heterocycles. The Morgan fingerprint density at radius 2 is 2.24 bits per heavy atom. The van der Waals surface area contributed by atoms with Gasteiger partial charge in [-0.1, -0.05) is 0 Å². The normalized spacial score (nSPS) is 14.1. The van der Waals surface area contributed by atoms with Crippen LogP contribution in [0, 0.1) is 0 Å². The van der Waals surface area contributed by atoms with E-state index in [1.165, 1.54) is 12.5 Å². The van der Waals surface area contributed by atoms with Crippen LogP contribution in [0.25, 0.3) is 0 Å². The Morgan fingerprint density at radius 1 is 1.59 bits per heavy atom. The van der Waals surface area contributed by atoms with Gasteiger partial charge in [0.25, 0.3) is 0 Å². The number of aliphatic hydroxyl groups excluding tert-OH is 2. The lowest BCUT2D eigenvalue weighted by Crippen LogP contribution is -2.25. The van der Waals surface area contributed by atoms with E-state index in [-0.39, 0.29) is 17.1 Å². The fourth-order valence-corrected chi connectivity index (χ4v) is 1.93. The first-order chi connectivity index (χ1) is 7.95. The first-order valence-corrected chi connectivity index (χ1v) is 5.51. The Balaban J connectivity index is 2.75. The van der Waals surface area contributed by atoms with E-state index in [2.05, 4.69) is 9.72 Å². The van der Waals surface area contributed by atoms with Gasteiger partial charge in [0.2, 0.25) is 5.91 Å². The van der Waals surface area contributed by atoms with Gasteiger partial charge in [0.15, 0.2) is 5.69 Å². The molecule has 0 aromatic carbocycles. The van der Waals surface area contributed by atoms with Crippen molar-refractivity contribution in [1.82, 2.24) is 4.98 Å². The number of carbonyl (C=O) groups excluding carboxylic acids is 2. The van der Waals surface area contributed by atoms with Gasteiger partial charge in [0.05, 0.1) is 19.6 Å². The second-order valence-electron chi connectivity index (χ2n) is 3.25. The summed E-state index contributed by atoms with van der Waals surface area (Å²) >= 11 is 0.983. The third-order valence-corrected chi connectivity index (χ3v) is 2.86. The van der Waals surface area contributed by atoms with Crippen molar-refractivity contribution < 1.29 is 24.5 Å². The molecule has 0 spiro atoms. The monoisotopic (exact) mass is 260 g/mol. The van der Waals surface area contributed by atoms with Crippen molar-refractivity contribution in [2.75, 3.05) is 7.11 Å². The van der Waals surface area contributed by atoms with Crippen molar-refractivity contribution in [3.8, 4) is 0 Å². The first kappa shape index (κ1) is 13.6. The van der Waals surface area contributed by atoms with Crippen molar-refractivity contribution in [3.63, 3.8) is 0 Å². The maximum absolute atomic E-state index is 11.1. The van der Waals surface area contributed by atoms with Crippen LogP contribution < -0.4 is 5.73 Å². The zero-order valence-electron chi connectivity index (χ0n) is 8.99.